The highest BCUT2D eigenvalue weighted by molar-refractivity contribution is 8.18. The van der Waals surface area contributed by atoms with Gasteiger partial charge in [0.2, 0.25) is 5.95 Å². The first-order valence-corrected chi connectivity index (χ1v) is 11.3. The Morgan fingerprint density at radius 1 is 1.00 bits per heavy atom. The lowest BCUT2D eigenvalue weighted by Crippen LogP contribution is -2.47. The summed E-state index contributed by atoms with van der Waals surface area (Å²) < 4.78 is 5.47. The van der Waals surface area contributed by atoms with Crippen molar-refractivity contribution in [2.24, 2.45) is 0 Å². The van der Waals surface area contributed by atoms with Gasteiger partial charge in [-0.1, -0.05) is 0 Å². The molecule has 1 N–H and O–H groups in total. The largest absolute Gasteiger partial charge is 0.378 e. The van der Waals surface area contributed by atoms with Gasteiger partial charge in [-0.15, -0.1) is 0 Å². The van der Waals surface area contributed by atoms with Crippen LogP contribution < -0.4 is 20.0 Å². The molecule has 0 spiro atoms. The number of hydrogen-bond acceptors (Lipinski definition) is 10. The number of rotatable bonds is 4. The number of carbonyl (C=O) groups is 2. The van der Waals surface area contributed by atoms with Crippen molar-refractivity contribution >= 4 is 46.4 Å². The number of nitrogens with one attached hydrogen (secondary N) is 1. The van der Waals surface area contributed by atoms with Crippen LogP contribution in [0.15, 0.2) is 35.5 Å². The lowest BCUT2D eigenvalue weighted by Gasteiger charge is -2.36. The summed E-state index contributed by atoms with van der Waals surface area (Å²) in [4.78, 5) is 44.3. The van der Waals surface area contributed by atoms with E-state index in [1.807, 2.05) is 18.3 Å². The first kappa shape index (κ1) is 20.7. The molecule has 0 atom stereocenters. The van der Waals surface area contributed by atoms with Crippen LogP contribution in [0.3, 0.4) is 0 Å². The number of carbonyl (C=O) groups excluding carboxylic acids is 2. The predicted molar refractivity (Wildman–Crippen MR) is 123 cm³/mol. The maximum absolute atomic E-state index is 12.0. The summed E-state index contributed by atoms with van der Waals surface area (Å²) in [7, 11) is 0. The van der Waals surface area contributed by atoms with Gasteiger partial charge >= 0.3 is 0 Å². The molecule has 11 heteroatoms. The molecule has 0 aromatic carbocycles. The van der Waals surface area contributed by atoms with E-state index in [1.165, 1.54) is 0 Å². The van der Waals surface area contributed by atoms with Crippen molar-refractivity contribution in [2.75, 3.05) is 67.2 Å². The van der Waals surface area contributed by atoms with E-state index in [-0.39, 0.29) is 5.24 Å². The lowest BCUT2D eigenvalue weighted by molar-refractivity contribution is -0.115. The molecular weight excluding hydrogens is 430 g/mol. The van der Waals surface area contributed by atoms with Crippen LogP contribution in [0.4, 0.5) is 22.2 Å². The third-order valence-corrected chi connectivity index (χ3v) is 6.36. The topological polar surface area (TPSA) is 104 Å². The summed E-state index contributed by atoms with van der Waals surface area (Å²) in [5.41, 5.74) is 1.72. The molecule has 0 saturated carbocycles. The SMILES string of the molecule is O=C1NC(=O)/C(=C/c2cc(N3CCOCC3)nc(N3CCN(c4cccnc4)CC3)n2)S1. The van der Waals surface area contributed by atoms with E-state index in [1.54, 1.807) is 12.3 Å². The van der Waals surface area contributed by atoms with Gasteiger partial charge < -0.3 is 19.4 Å². The molecule has 32 heavy (non-hydrogen) atoms. The van der Waals surface area contributed by atoms with Crippen LogP contribution >= 0.6 is 11.8 Å². The minimum Gasteiger partial charge on any atom is -0.378 e. The molecule has 0 bridgehead atoms. The van der Waals surface area contributed by atoms with Crippen molar-refractivity contribution in [1.82, 2.24) is 20.3 Å². The Labute approximate surface area is 189 Å². The van der Waals surface area contributed by atoms with Gasteiger partial charge in [-0.2, -0.15) is 4.98 Å². The van der Waals surface area contributed by atoms with Crippen LogP contribution in [-0.2, 0) is 9.53 Å². The number of amides is 2. The number of piperazine rings is 1. The number of thioether (sulfide) groups is 1. The van der Waals surface area contributed by atoms with Crippen LogP contribution in [0.2, 0.25) is 0 Å². The number of nitrogens with zero attached hydrogens (tertiary/aromatic N) is 6. The molecule has 2 amide bonds. The van der Waals surface area contributed by atoms with Gasteiger partial charge in [-0.25, -0.2) is 4.98 Å². The van der Waals surface area contributed by atoms with Gasteiger partial charge in [0, 0.05) is 51.5 Å². The van der Waals surface area contributed by atoms with Gasteiger partial charge in [0.15, 0.2) is 0 Å². The monoisotopic (exact) mass is 453 g/mol. The Morgan fingerprint density at radius 2 is 1.78 bits per heavy atom. The first-order chi connectivity index (χ1) is 15.7. The van der Waals surface area contributed by atoms with Crippen molar-refractivity contribution in [3.63, 3.8) is 0 Å². The average Bonchev–Trinajstić information content (AvgIpc) is 3.16. The highest BCUT2D eigenvalue weighted by Gasteiger charge is 2.26. The first-order valence-electron chi connectivity index (χ1n) is 10.5. The average molecular weight is 454 g/mol. The van der Waals surface area contributed by atoms with Gasteiger partial charge in [-0.05, 0) is 30.0 Å². The Morgan fingerprint density at radius 3 is 2.47 bits per heavy atom. The van der Waals surface area contributed by atoms with Gasteiger partial charge in [-0.3, -0.25) is 19.9 Å². The highest BCUT2D eigenvalue weighted by Crippen LogP contribution is 2.27. The molecule has 2 aromatic rings. The van der Waals surface area contributed by atoms with E-state index in [9.17, 15) is 9.59 Å². The second-order valence-corrected chi connectivity index (χ2v) is 8.60. The van der Waals surface area contributed by atoms with Gasteiger partial charge in [0.1, 0.15) is 5.82 Å². The Balaban J connectivity index is 1.40. The van der Waals surface area contributed by atoms with Crippen molar-refractivity contribution in [1.29, 1.82) is 0 Å². The maximum Gasteiger partial charge on any atom is 0.290 e. The zero-order chi connectivity index (χ0) is 21.9. The number of imide groups is 1. The molecule has 2 aromatic heterocycles. The van der Waals surface area contributed by atoms with Crippen molar-refractivity contribution < 1.29 is 14.3 Å². The molecule has 5 heterocycles. The lowest BCUT2D eigenvalue weighted by atomic mass is 10.2. The fraction of sp³-hybridized carbons (Fsp3) is 0.381. The van der Waals surface area contributed by atoms with Crippen LogP contribution in [0.25, 0.3) is 6.08 Å². The molecular formula is C21H23N7O3S. The third kappa shape index (κ3) is 4.53. The van der Waals surface area contributed by atoms with E-state index in [2.05, 4.69) is 31.1 Å². The van der Waals surface area contributed by atoms with Gasteiger partial charge in [0.05, 0.1) is 35.7 Å². The zero-order valence-electron chi connectivity index (χ0n) is 17.4. The number of pyridine rings is 1. The summed E-state index contributed by atoms with van der Waals surface area (Å²) in [6.07, 6.45) is 5.31. The summed E-state index contributed by atoms with van der Waals surface area (Å²) in [6.45, 7) is 5.99. The Hall–Kier alpha value is -3.18. The van der Waals surface area contributed by atoms with Crippen LogP contribution in [0.5, 0.6) is 0 Å². The van der Waals surface area contributed by atoms with Crippen LogP contribution in [0.1, 0.15) is 5.69 Å². The standard InChI is InChI=1S/C21H23N7O3S/c29-19-17(32-21(30)25-19)12-15-13-18(27-8-10-31-11-9-27)24-20(23-15)28-6-4-26(5-7-28)16-2-1-3-22-14-16/h1-3,12-14H,4-11H2,(H,25,29,30)/b17-12-. The predicted octanol–water partition coefficient (Wildman–Crippen LogP) is 1.36. The molecule has 166 valence electrons. The summed E-state index contributed by atoms with van der Waals surface area (Å²) in [6, 6.07) is 5.87. The fourth-order valence-electron chi connectivity index (χ4n) is 3.87. The third-order valence-electron chi connectivity index (χ3n) is 5.55. The number of morpholine rings is 1. The maximum atomic E-state index is 12.0. The normalized spacial score (nSPS) is 20.8. The fourth-order valence-corrected chi connectivity index (χ4v) is 4.54. The quantitative estimate of drug-likeness (QED) is 0.683. The molecule has 3 aliphatic heterocycles. The van der Waals surface area contributed by atoms with Gasteiger partial charge in [0.25, 0.3) is 11.1 Å². The molecule has 3 saturated heterocycles. The zero-order valence-corrected chi connectivity index (χ0v) is 18.3. The summed E-state index contributed by atoms with van der Waals surface area (Å²) in [5, 5.41) is 1.92. The molecule has 0 aliphatic carbocycles. The van der Waals surface area contributed by atoms with Crippen molar-refractivity contribution in [2.45, 2.75) is 0 Å². The summed E-state index contributed by atoms with van der Waals surface area (Å²) >= 11 is 0.891. The molecule has 3 fully saturated rings. The minimum atomic E-state index is -0.391. The molecule has 10 nitrogen and oxygen atoms in total. The number of aromatic nitrogens is 3. The second kappa shape index (κ2) is 9.13. The number of ether oxygens (including phenoxy) is 1. The molecule has 0 radical (unpaired) electrons. The van der Waals surface area contributed by atoms with E-state index in [0.717, 1.165) is 62.5 Å². The Kier molecular flexibility index (Phi) is 5.91. The second-order valence-electron chi connectivity index (χ2n) is 7.59. The summed E-state index contributed by atoms with van der Waals surface area (Å²) in [5.74, 6) is 1.04. The van der Waals surface area contributed by atoms with E-state index in [4.69, 9.17) is 14.7 Å². The number of hydrogen-bond donors (Lipinski definition) is 1. The van der Waals surface area contributed by atoms with Crippen LogP contribution in [0, 0.1) is 0 Å². The van der Waals surface area contributed by atoms with Crippen molar-refractivity contribution in [3.8, 4) is 0 Å². The minimum absolute atomic E-state index is 0.342. The molecule has 0 unspecified atom stereocenters. The van der Waals surface area contributed by atoms with E-state index >= 15 is 0 Å². The number of anilines is 3. The van der Waals surface area contributed by atoms with E-state index in [0.29, 0.717) is 29.8 Å². The molecule has 5 rings (SSSR count). The molecule has 3 aliphatic rings. The van der Waals surface area contributed by atoms with E-state index < -0.39 is 5.91 Å². The van der Waals surface area contributed by atoms with Crippen molar-refractivity contribution in [3.05, 3.63) is 41.2 Å². The smallest absolute Gasteiger partial charge is 0.290 e. The van der Waals surface area contributed by atoms with Crippen LogP contribution in [-0.4, -0.2) is 78.6 Å². The highest BCUT2D eigenvalue weighted by atomic mass is 32.2. The Bertz CT molecular complexity index is 1030.